The van der Waals surface area contributed by atoms with Gasteiger partial charge in [-0.15, -0.1) is 0 Å². The molecule has 1 fully saturated rings. The molecule has 3 aromatic rings. The maximum Gasteiger partial charge on any atom is 0.274 e. The van der Waals surface area contributed by atoms with E-state index in [-0.39, 0.29) is 12.5 Å². The average Bonchev–Trinajstić information content (AvgIpc) is 3.23. The number of carbonyl (C=O) groups excluding carboxylic acids is 1. The first-order valence-electron chi connectivity index (χ1n) is 7.88. The second-order valence-corrected chi connectivity index (χ2v) is 6.31. The summed E-state index contributed by atoms with van der Waals surface area (Å²) in [7, 11) is 0. The first-order chi connectivity index (χ1) is 11.5. The molecule has 1 aliphatic heterocycles. The van der Waals surface area contributed by atoms with Gasteiger partial charge in [0.25, 0.3) is 5.91 Å². The van der Waals surface area contributed by atoms with Crippen LogP contribution >= 0.6 is 0 Å². The molecule has 0 aromatic carbocycles. The van der Waals surface area contributed by atoms with Gasteiger partial charge in [-0.05, 0) is 37.5 Å². The number of fused-ring (bicyclic) bond motifs is 1. The molecule has 8 nitrogen and oxygen atoms in total. The highest BCUT2D eigenvalue weighted by atomic mass is 16.3. The maximum absolute atomic E-state index is 12.8. The number of aliphatic hydroxyl groups is 1. The lowest BCUT2D eigenvalue weighted by atomic mass is 9.90. The zero-order valence-electron chi connectivity index (χ0n) is 13.3. The topological polar surface area (TPSA) is 99.4 Å². The molecule has 1 saturated heterocycles. The number of imidazole rings is 1. The minimum atomic E-state index is -1.17. The summed E-state index contributed by atoms with van der Waals surface area (Å²) in [6.45, 7) is 2.76. The van der Waals surface area contributed by atoms with Crippen molar-refractivity contribution in [2.45, 2.75) is 25.4 Å². The zero-order chi connectivity index (χ0) is 16.7. The molecule has 0 bridgehead atoms. The van der Waals surface area contributed by atoms with Crippen molar-refractivity contribution in [1.82, 2.24) is 29.7 Å². The molecule has 2 N–H and O–H groups in total. The molecule has 0 radical (unpaired) electrons. The summed E-state index contributed by atoms with van der Waals surface area (Å²) in [4.78, 5) is 18.9. The highest BCUT2D eigenvalue weighted by Gasteiger charge is 2.39. The molecule has 4 heterocycles. The van der Waals surface area contributed by atoms with Gasteiger partial charge >= 0.3 is 0 Å². The Morgan fingerprint density at radius 1 is 1.46 bits per heavy atom. The Balaban J connectivity index is 1.61. The van der Waals surface area contributed by atoms with Crippen molar-refractivity contribution < 1.29 is 9.90 Å². The molecular weight excluding hydrogens is 308 g/mol. The van der Waals surface area contributed by atoms with Crippen LogP contribution in [0, 0.1) is 6.92 Å². The lowest BCUT2D eigenvalue weighted by Crippen LogP contribution is -2.48. The van der Waals surface area contributed by atoms with Crippen LogP contribution < -0.4 is 0 Å². The number of amides is 1. The summed E-state index contributed by atoms with van der Waals surface area (Å²) in [5.41, 5.74) is 1.50. The van der Waals surface area contributed by atoms with Gasteiger partial charge in [-0.3, -0.25) is 4.79 Å². The van der Waals surface area contributed by atoms with Gasteiger partial charge in [-0.2, -0.15) is 15.4 Å². The number of hydrogen-bond donors (Lipinski definition) is 2. The number of hydrogen-bond acceptors (Lipinski definition) is 5. The molecular formula is C16H18N6O2. The number of pyridine rings is 1. The molecule has 8 heteroatoms. The Kier molecular flexibility index (Phi) is 3.34. The van der Waals surface area contributed by atoms with Gasteiger partial charge in [-0.25, -0.2) is 4.98 Å². The van der Waals surface area contributed by atoms with Gasteiger partial charge < -0.3 is 14.4 Å². The number of piperidine rings is 1. The van der Waals surface area contributed by atoms with Crippen LogP contribution in [0.2, 0.25) is 0 Å². The summed E-state index contributed by atoms with van der Waals surface area (Å²) in [6.07, 6.45) is 6.36. The second-order valence-electron chi connectivity index (χ2n) is 6.31. The van der Waals surface area contributed by atoms with Gasteiger partial charge in [0.15, 0.2) is 0 Å². The van der Waals surface area contributed by atoms with Crippen molar-refractivity contribution in [3.05, 3.63) is 47.7 Å². The van der Waals surface area contributed by atoms with Gasteiger partial charge in [0.1, 0.15) is 22.6 Å². The summed E-state index contributed by atoms with van der Waals surface area (Å²) >= 11 is 0. The van der Waals surface area contributed by atoms with Gasteiger partial charge in [0, 0.05) is 18.9 Å². The van der Waals surface area contributed by atoms with E-state index in [0.29, 0.717) is 30.8 Å². The summed E-state index contributed by atoms with van der Waals surface area (Å²) in [5.74, 6) is -0.182. The van der Waals surface area contributed by atoms with E-state index in [0.717, 1.165) is 11.2 Å². The Hall–Kier alpha value is -2.74. The molecule has 0 spiro atoms. The van der Waals surface area contributed by atoms with E-state index in [4.69, 9.17) is 0 Å². The Morgan fingerprint density at radius 2 is 2.33 bits per heavy atom. The fraction of sp³-hybridized carbons (Fsp3) is 0.375. The predicted octanol–water partition coefficient (Wildman–Crippen LogP) is 0.885. The van der Waals surface area contributed by atoms with Crippen LogP contribution in [0.25, 0.3) is 5.65 Å². The van der Waals surface area contributed by atoms with Crippen molar-refractivity contribution in [1.29, 1.82) is 0 Å². The van der Waals surface area contributed by atoms with E-state index >= 15 is 0 Å². The van der Waals surface area contributed by atoms with Gasteiger partial charge in [-0.1, -0.05) is 0 Å². The largest absolute Gasteiger partial charge is 0.382 e. The SMILES string of the molecule is Cc1ccn2cc(C(=O)N3CCCC(O)(c4cn[nH]n4)C3)nc2c1. The Bertz CT molecular complexity index is 887. The molecule has 1 atom stereocenters. The monoisotopic (exact) mass is 326 g/mol. The van der Waals surface area contributed by atoms with E-state index in [1.54, 1.807) is 11.1 Å². The van der Waals surface area contributed by atoms with Crippen molar-refractivity contribution >= 4 is 11.6 Å². The predicted molar refractivity (Wildman–Crippen MR) is 85.3 cm³/mol. The van der Waals surface area contributed by atoms with Gasteiger partial charge in [0.05, 0.1) is 12.7 Å². The number of carbonyl (C=O) groups is 1. The molecule has 1 amide bonds. The average molecular weight is 326 g/mol. The minimum absolute atomic E-state index is 0.182. The van der Waals surface area contributed by atoms with Crippen LogP contribution in [0.4, 0.5) is 0 Å². The number of nitrogens with one attached hydrogen (secondary N) is 1. The third kappa shape index (κ3) is 2.44. The third-order valence-electron chi connectivity index (χ3n) is 4.48. The Labute approximate surface area is 138 Å². The number of aromatic amines is 1. The van der Waals surface area contributed by atoms with Crippen LogP contribution in [0.15, 0.2) is 30.7 Å². The third-order valence-corrected chi connectivity index (χ3v) is 4.48. The van der Waals surface area contributed by atoms with Crippen LogP contribution in [-0.2, 0) is 5.60 Å². The van der Waals surface area contributed by atoms with Crippen molar-refractivity contribution in [3.8, 4) is 0 Å². The maximum atomic E-state index is 12.8. The lowest BCUT2D eigenvalue weighted by Gasteiger charge is -2.37. The Morgan fingerprint density at radius 3 is 3.12 bits per heavy atom. The molecule has 24 heavy (non-hydrogen) atoms. The smallest absolute Gasteiger partial charge is 0.274 e. The number of likely N-dealkylation sites (tertiary alicyclic amines) is 1. The molecule has 1 unspecified atom stereocenters. The lowest BCUT2D eigenvalue weighted by molar-refractivity contribution is -0.0321. The van der Waals surface area contributed by atoms with Crippen LogP contribution in [0.1, 0.15) is 34.6 Å². The molecule has 1 aliphatic rings. The fourth-order valence-electron chi connectivity index (χ4n) is 3.19. The molecule has 0 aliphatic carbocycles. The molecule has 4 rings (SSSR count). The van der Waals surface area contributed by atoms with E-state index in [1.807, 2.05) is 29.7 Å². The fourth-order valence-corrected chi connectivity index (χ4v) is 3.19. The number of nitrogens with zero attached hydrogens (tertiary/aromatic N) is 5. The van der Waals surface area contributed by atoms with Crippen molar-refractivity contribution in [2.24, 2.45) is 0 Å². The number of H-pyrrole nitrogens is 1. The number of aromatic nitrogens is 5. The van der Waals surface area contributed by atoms with Crippen molar-refractivity contribution in [2.75, 3.05) is 13.1 Å². The standard InChI is InChI=1S/C16H18N6O2/c1-11-3-6-21-9-12(18-14(21)7-11)15(23)22-5-2-4-16(24,10-22)13-8-17-20-19-13/h3,6-9,24H,2,4-5,10H2,1H3,(H,17,19,20). The zero-order valence-corrected chi connectivity index (χ0v) is 13.3. The highest BCUT2D eigenvalue weighted by Crippen LogP contribution is 2.30. The van der Waals surface area contributed by atoms with Crippen LogP contribution in [0.3, 0.4) is 0 Å². The first-order valence-corrected chi connectivity index (χ1v) is 7.88. The number of rotatable bonds is 2. The molecule has 0 saturated carbocycles. The van der Waals surface area contributed by atoms with E-state index in [1.165, 1.54) is 6.20 Å². The molecule has 3 aromatic heterocycles. The summed E-state index contributed by atoms with van der Waals surface area (Å²) in [6, 6.07) is 3.89. The minimum Gasteiger partial charge on any atom is -0.382 e. The van der Waals surface area contributed by atoms with Crippen LogP contribution in [0.5, 0.6) is 0 Å². The summed E-state index contributed by atoms with van der Waals surface area (Å²) in [5, 5.41) is 21.1. The quantitative estimate of drug-likeness (QED) is 0.728. The van der Waals surface area contributed by atoms with Crippen molar-refractivity contribution in [3.63, 3.8) is 0 Å². The van der Waals surface area contributed by atoms with E-state index < -0.39 is 5.60 Å². The van der Waals surface area contributed by atoms with Crippen LogP contribution in [-0.4, -0.2) is 53.8 Å². The van der Waals surface area contributed by atoms with E-state index in [2.05, 4.69) is 20.4 Å². The highest BCUT2D eigenvalue weighted by molar-refractivity contribution is 5.93. The van der Waals surface area contributed by atoms with E-state index in [9.17, 15) is 9.90 Å². The second kappa shape index (κ2) is 5.41. The number of aryl methyl sites for hydroxylation is 1. The number of β-amino-alcohol motifs (C(OH)–C–C–N with tert-alkyl or cyclic N) is 1. The molecule has 124 valence electrons. The first kappa shape index (κ1) is 14.8. The van der Waals surface area contributed by atoms with Gasteiger partial charge in [0.2, 0.25) is 0 Å². The normalized spacial score (nSPS) is 21.3. The summed E-state index contributed by atoms with van der Waals surface area (Å²) < 4.78 is 1.83.